The van der Waals surface area contributed by atoms with Gasteiger partial charge in [0.2, 0.25) is 0 Å². The predicted molar refractivity (Wildman–Crippen MR) is 235 cm³/mol. The molecule has 4 fully saturated rings. The van der Waals surface area contributed by atoms with Crippen LogP contribution in [0.25, 0.3) is 6.08 Å². The zero-order chi connectivity index (χ0) is 42.4. The lowest BCUT2D eigenvalue weighted by Gasteiger charge is -2.37. The van der Waals surface area contributed by atoms with Crippen LogP contribution in [0.2, 0.25) is 0 Å². The van der Waals surface area contributed by atoms with Gasteiger partial charge in [0.25, 0.3) is 0 Å². The van der Waals surface area contributed by atoms with Crippen molar-refractivity contribution in [3.63, 3.8) is 0 Å². The van der Waals surface area contributed by atoms with Crippen molar-refractivity contribution < 1.29 is 47.5 Å². The van der Waals surface area contributed by atoms with E-state index in [-0.39, 0.29) is 32.0 Å². The minimum Gasteiger partial charge on any atom is -0.493 e. The number of methoxy groups -OCH3 is 2. The van der Waals surface area contributed by atoms with Gasteiger partial charge in [-0.2, -0.15) is 0 Å². The molecule has 0 aromatic heterocycles. The van der Waals surface area contributed by atoms with E-state index in [0.717, 1.165) is 48.3 Å². The lowest BCUT2D eigenvalue weighted by molar-refractivity contribution is -0.148. The number of hydrogen-bond donors (Lipinski definition) is 0. The van der Waals surface area contributed by atoms with Crippen molar-refractivity contribution >= 4 is 18.0 Å². The van der Waals surface area contributed by atoms with Crippen molar-refractivity contribution in [1.82, 2.24) is 0 Å². The lowest BCUT2D eigenvalue weighted by Crippen LogP contribution is -2.27. The molecule has 0 N–H and O–H groups in total. The molecule has 0 unspecified atom stereocenters. The highest BCUT2D eigenvalue weighted by molar-refractivity contribution is 6.17. The third kappa shape index (κ3) is 16.2. The molecule has 0 amide bonds. The number of benzene rings is 1. The molecule has 1 aromatic rings. The Balaban J connectivity index is 1.25. The Kier molecular flexibility index (Phi) is 22.1. The summed E-state index contributed by atoms with van der Waals surface area (Å²) < 4.78 is 45.2. The van der Waals surface area contributed by atoms with E-state index >= 15 is 0 Å². The summed E-state index contributed by atoms with van der Waals surface area (Å²) in [6.45, 7) is 7.82. The van der Waals surface area contributed by atoms with E-state index in [0.29, 0.717) is 68.5 Å². The van der Waals surface area contributed by atoms with Crippen molar-refractivity contribution in [3.05, 3.63) is 29.3 Å². The number of rotatable bonds is 25. The number of carbonyl (C=O) groups is 2. The van der Waals surface area contributed by atoms with Gasteiger partial charge in [-0.25, -0.2) is 9.59 Å². The van der Waals surface area contributed by atoms with Crippen LogP contribution in [0.4, 0.5) is 0 Å². The first-order valence-corrected chi connectivity index (χ1v) is 24.0. The fourth-order valence-electron chi connectivity index (χ4n) is 10.5. The van der Waals surface area contributed by atoms with Crippen molar-refractivity contribution in [2.75, 3.05) is 80.3 Å². The zero-order valence-corrected chi connectivity index (χ0v) is 37.8. The molecule has 60 heavy (non-hydrogen) atoms. The normalized spacial score (nSPS) is 27.1. The fraction of sp³-hybridized carbons (Fsp3) is 0.800. The van der Waals surface area contributed by atoms with Gasteiger partial charge in [0.15, 0.2) is 0 Å². The fourth-order valence-corrected chi connectivity index (χ4v) is 10.5. The molecule has 10 nitrogen and oxygen atoms in total. The van der Waals surface area contributed by atoms with Gasteiger partial charge in [-0.3, -0.25) is 0 Å². The van der Waals surface area contributed by atoms with E-state index < -0.39 is 11.9 Å². The van der Waals surface area contributed by atoms with Crippen LogP contribution in [0.15, 0.2) is 23.8 Å². The summed E-state index contributed by atoms with van der Waals surface area (Å²) in [6, 6.07) is 5.77. The molecule has 0 bridgehead atoms. The van der Waals surface area contributed by atoms with Crippen LogP contribution in [-0.2, 0) is 38.0 Å². The minimum absolute atomic E-state index is 0.0230. The standard InChI is InChI=1S/C50H80O10/c1-5-37-7-15-41(16-8-37)43-19-11-39(12-20-43)35-59-46-23-24-48(60-36-40-13-21-44(22-14-40)42-17-9-38(6-2)10-18-42)45(33-46)34-47(49(51)57-31-29-55-27-25-53-3)50(52)58-32-30-56-28-26-54-4/h23-24,33-34,37-44H,5-22,25-32,35-36H2,1-4H3. The second kappa shape index (κ2) is 27.4. The molecule has 0 aliphatic heterocycles. The second-order valence-corrected chi connectivity index (χ2v) is 18.3. The van der Waals surface area contributed by atoms with E-state index in [9.17, 15) is 9.59 Å². The Labute approximate surface area is 362 Å². The molecule has 1 aromatic carbocycles. The van der Waals surface area contributed by atoms with E-state index in [1.54, 1.807) is 14.2 Å². The van der Waals surface area contributed by atoms with Crippen molar-refractivity contribution in [2.24, 2.45) is 47.3 Å². The lowest BCUT2D eigenvalue weighted by atomic mass is 9.69. The molecule has 4 saturated carbocycles. The molecule has 0 atom stereocenters. The Morgan fingerprint density at radius 3 is 1.33 bits per heavy atom. The molecule has 4 aliphatic carbocycles. The maximum Gasteiger partial charge on any atom is 0.345 e. The van der Waals surface area contributed by atoms with Gasteiger partial charge in [0.05, 0.1) is 52.9 Å². The Morgan fingerprint density at radius 1 is 0.517 bits per heavy atom. The first-order valence-electron chi connectivity index (χ1n) is 24.0. The molecule has 0 saturated heterocycles. The highest BCUT2D eigenvalue weighted by Crippen LogP contribution is 2.44. The van der Waals surface area contributed by atoms with Gasteiger partial charge in [0, 0.05) is 19.8 Å². The largest absolute Gasteiger partial charge is 0.493 e. The van der Waals surface area contributed by atoms with Gasteiger partial charge < -0.3 is 37.9 Å². The van der Waals surface area contributed by atoms with E-state index in [1.807, 2.05) is 18.2 Å². The first-order chi connectivity index (χ1) is 29.4. The molecule has 5 rings (SSSR count). The van der Waals surface area contributed by atoms with Gasteiger partial charge in [-0.05, 0) is 149 Å². The summed E-state index contributed by atoms with van der Waals surface area (Å²) in [5, 5.41) is 0. The van der Waals surface area contributed by atoms with E-state index in [2.05, 4.69) is 13.8 Å². The van der Waals surface area contributed by atoms with Gasteiger partial charge in [-0.1, -0.05) is 52.4 Å². The molecule has 0 spiro atoms. The van der Waals surface area contributed by atoms with Crippen molar-refractivity contribution in [1.29, 1.82) is 0 Å². The zero-order valence-electron chi connectivity index (χ0n) is 37.8. The molecular formula is C50H80O10. The average molecular weight is 841 g/mol. The summed E-state index contributed by atoms with van der Waals surface area (Å²) >= 11 is 0. The highest BCUT2D eigenvalue weighted by atomic mass is 16.6. The third-order valence-electron chi connectivity index (χ3n) is 14.5. The number of carbonyl (C=O) groups excluding carboxylic acids is 2. The quantitative estimate of drug-likeness (QED) is 0.0310. The van der Waals surface area contributed by atoms with Crippen LogP contribution >= 0.6 is 0 Å². The van der Waals surface area contributed by atoms with Crippen LogP contribution in [-0.4, -0.2) is 92.2 Å². The van der Waals surface area contributed by atoms with Crippen molar-refractivity contribution in [2.45, 2.75) is 129 Å². The molecule has 10 heteroatoms. The average Bonchev–Trinajstić information content (AvgIpc) is 3.29. The highest BCUT2D eigenvalue weighted by Gasteiger charge is 2.32. The van der Waals surface area contributed by atoms with E-state index in [4.69, 9.17) is 37.9 Å². The molecule has 340 valence electrons. The first kappa shape index (κ1) is 48.4. The smallest absolute Gasteiger partial charge is 0.345 e. The minimum atomic E-state index is -0.792. The van der Waals surface area contributed by atoms with E-state index in [1.165, 1.54) is 109 Å². The Morgan fingerprint density at radius 2 is 0.917 bits per heavy atom. The maximum absolute atomic E-state index is 13.6. The number of esters is 2. The maximum atomic E-state index is 13.6. The van der Waals surface area contributed by atoms with Crippen LogP contribution < -0.4 is 9.47 Å². The van der Waals surface area contributed by atoms with Crippen LogP contribution in [0.1, 0.15) is 135 Å². The Hall–Kier alpha value is -2.66. The molecular weight excluding hydrogens is 761 g/mol. The SMILES string of the molecule is CCC1CCC(C2CCC(COc3ccc(OCC4CCC(C5CCC(CC)CC5)CC4)c(C=C(C(=O)OCCOCCOC)C(=O)OCCOCCOC)c3)CC2)CC1. The molecule has 0 heterocycles. The Bertz CT molecular complexity index is 1350. The summed E-state index contributed by atoms with van der Waals surface area (Å²) in [5.41, 5.74) is 0.354. The monoisotopic (exact) mass is 841 g/mol. The van der Waals surface area contributed by atoms with Crippen LogP contribution in [0.3, 0.4) is 0 Å². The summed E-state index contributed by atoms with van der Waals surface area (Å²) in [6.07, 6.45) is 25.2. The summed E-state index contributed by atoms with van der Waals surface area (Å²) in [4.78, 5) is 27.1. The molecule has 0 radical (unpaired) electrons. The van der Waals surface area contributed by atoms with Gasteiger partial charge in [-0.15, -0.1) is 0 Å². The summed E-state index contributed by atoms with van der Waals surface area (Å²) in [5.74, 6) is 6.01. The summed E-state index contributed by atoms with van der Waals surface area (Å²) in [7, 11) is 3.20. The number of ether oxygens (including phenoxy) is 8. The predicted octanol–water partition coefficient (Wildman–Crippen LogP) is 10.3. The molecule has 4 aliphatic rings. The van der Waals surface area contributed by atoms with Gasteiger partial charge in [0.1, 0.15) is 30.3 Å². The van der Waals surface area contributed by atoms with Gasteiger partial charge >= 0.3 is 11.9 Å². The van der Waals surface area contributed by atoms with Crippen molar-refractivity contribution in [3.8, 4) is 11.5 Å². The third-order valence-corrected chi connectivity index (χ3v) is 14.5. The van der Waals surface area contributed by atoms with Crippen LogP contribution in [0, 0.1) is 47.3 Å². The number of hydrogen-bond acceptors (Lipinski definition) is 10. The topological polar surface area (TPSA) is 108 Å². The second-order valence-electron chi connectivity index (χ2n) is 18.3. The van der Waals surface area contributed by atoms with Crippen LogP contribution in [0.5, 0.6) is 11.5 Å².